The quantitative estimate of drug-likeness (QED) is 0.482. The lowest BCUT2D eigenvalue weighted by molar-refractivity contribution is -0.159. The smallest absolute Gasteiger partial charge is 0.331 e. The van der Waals surface area contributed by atoms with E-state index < -0.39 is 17.0 Å². The number of nitrogens with zero attached hydrogens (tertiary/aromatic N) is 2. The molecular formula is C23H23ClN2O2. The first-order valence-electron chi connectivity index (χ1n) is 8.91. The van der Waals surface area contributed by atoms with Crippen molar-refractivity contribution >= 4 is 23.8 Å². The molecule has 2 rings (SSSR count). The normalized spacial score (nSPS) is 14.0. The molecule has 0 fully saturated rings. The van der Waals surface area contributed by atoms with Gasteiger partial charge in [-0.3, -0.25) is 4.99 Å². The summed E-state index contributed by atoms with van der Waals surface area (Å²) in [6, 6.07) is 18.4. The molecule has 0 aliphatic carbocycles. The summed E-state index contributed by atoms with van der Waals surface area (Å²) in [4.78, 5) is 17.1. The number of rotatable bonds is 6. The van der Waals surface area contributed by atoms with E-state index in [0.29, 0.717) is 10.6 Å². The molecule has 0 aliphatic rings. The lowest BCUT2D eigenvalue weighted by Crippen LogP contribution is -2.40. The topological polar surface area (TPSA) is 62.5 Å². The zero-order valence-electron chi connectivity index (χ0n) is 16.2. The minimum Gasteiger partial charge on any atom is -0.459 e. The number of halogens is 1. The number of allylic oxidation sites excluding steroid dienone is 1. The monoisotopic (exact) mass is 394 g/mol. The maximum Gasteiger partial charge on any atom is 0.331 e. The summed E-state index contributed by atoms with van der Waals surface area (Å²) in [6.45, 7) is 5.35. The summed E-state index contributed by atoms with van der Waals surface area (Å²) in [7, 11) is 0. The first-order chi connectivity index (χ1) is 13.3. The maximum absolute atomic E-state index is 12.9. The Labute approximate surface area is 171 Å². The van der Waals surface area contributed by atoms with Gasteiger partial charge in [0.05, 0.1) is 6.07 Å². The van der Waals surface area contributed by atoms with Crippen molar-refractivity contribution in [3.8, 4) is 6.07 Å². The van der Waals surface area contributed by atoms with E-state index in [0.717, 1.165) is 5.56 Å². The molecule has 144 valence electrons. The van der Waals surface area contributed by atoms with Crippen LogP contribution in [0.1, 0.15) is 38.3 Å². The van der Waals surface area contributed by atoms with Gasteiger partial charge >= 0.3 is 5.97 Å². The van der Waals surface area contributed by atoms with Crippen LogP contribution in [0.5, 0.6) is 0 Å². The Morgan fingerprint density at radius 2 is 1.79 bits per heavy atom. The van der Waals surface area contributed by atoms with Gasteiger partial charge in [-0.25, -0.2) is 4.79 Å². The SMILES string of the molecule is CC(C)(C)OC(=O)C(C#N)(C/C=C/N=Cc1ccc(Cl)cc1)c1ccccc1. The van der Waals surface area contributed by atoms with Crippen LogP contribution in [0.25, 0.3) is 0 Å². The van der Waals surface area contributed by atoms with Crippen molar-refractivity contribution in [3.63, 3.8) is 0 Å². The molecule has 0 N–H and O–H groups in total. The second-order valence-electron chi connectivity index (χ2n) is 7.30. The first kappa shape index (κ1) is 21.4. The van der Waals surface area contributed by atoms with Gasteiger partial charge in [0.1, 0.15) is 5.60 Å². The van der Waals surface area contributed by atoms with E-state index in [1.54, 1.807) is 75.7 Å². The van der Waals surface area contributed by atoms with Gasteiger partial charge in [0.25, 0.3) is 0 Å². The molecule has 2 aromatic carbocycles. The highest BCUT2D eigenvalue weighted by molar-refractivity contribution is 6.30. The standard InChI is InChI=1S/C23H23ClN2O2/c1-22(2,3)28-21(27)23(17-25,19-8-5-4-6-9-19)14-7-15-26-16-18-10-12-20(24)13-11-18/h4-13,15-16H,14H2,1-3H3/b15-7+,26-16?. The van der Waals surface area contributed by atoms with Gasteiger partial charge in [0.15, 0.2) is 5.41 Å². The zero-order valence-corrected chi connectivity index (χ0v) is 17.0. The second kappa shape index (κ2) is 9.34. The molecule has 0 saturated carbocycles. The van der Waals surface area contributed by atoms with Crippen molar-refractivity contribution in [1.82, 2.24) is 0 Å². The Bertz CT molecular complexity index is 891. The molecule has 1 atom stereocenters. The second-order valence-corrected chi connectivity index (χ2v) is 7.74. The van der Waals surface area contributed by atoms with Gasteiger partial charge < -0.3 is 4.74 Å². The fourth-order valence-electron chi connectivity index (χ4n) is 2.53. The molecule has 0 radical (unpaired) electrons. The highest BCUT2D eigenvalue weighted by atomic mass is 35.5. The third kappa shape index (κ3) is 5.80. The molecule has 0 amide bonds. The predicted octanol–water partition coefficient (Wildman–Crippen LogP) is 5.47. The number of esters is 1. The van der Waals surface area contributed by atoms with Crippen LogP contribution in [0, 0.1) is 11.3 Å². The zero-order chi connectivity index (χ0) is 20.6. The molecule has 0 saturated heterocycles. The van der Waals surface area contributed by atoms with Crippen LogP contribution >= 0.6 is 11.6 Å². The number of hydrogen-bond acceptors (Lipinski definition) is 4. The summed E-state index contributed by atoms with van der Waals surface area (Å²) in [5, 5.41) is 10.6. The van der Waals surface area contributed by atoms with Crippen LogP contribution < -0.4 is 0 Å². The van der Waals surface area contributed by atoms with E-state index in [1.807, 2.05) is 18.2 Å². The van der Waals surface area contributed by atoms with E-state index in [1.165, 1.54) is 0 Å². The molecule has 5 heteroatoms. The third-order valence-electron chi connectivity index (χ3n) is 3.91. The largest absolute Gasteiger partial charge is 0.459 e. The van der Waals surface area contributed by atoms with Gasteiger partial charge in [0, 0.05) is 23.9 Å². The van der Waals surface area contributed by atoms with E-state index in [4.69, 9.17) is 16.3 Å². The van der Waals surface area contributed by atoms with Gasteiger partial charge in [-0.1, -0.05) is 60.1 Å². The molecule has 2 aromatic rings. The average molecular weight is 395 g/mol. The predicted molar refractivity (Wildman–Crippen MR) is 112 cm³/mol. The lowest BCUT2D eigenvalue weighted by atomic mass is 9.78. The summed E-state index contributed by atoms with van der Waals surface area (Å²) < 4.78 is 5.54. The molecule has 0 heterocycles. The molecule has 4 nitrogen and oxygen atoms in total. The molecular weight excluding hydrogens is 372 g/mol. The number of benzene rings is 2. The summed E-state index contributed by atoms with van der Waals surface area (Å²) in [6.07, 6.45) is 5.11. The van der Waals surface area contributed by atoms with Crippen molar-refractivity contribution in [1.29, 1.82) is 5.26 Å². The number of carbonyl (C=O) groups excluding carboxylic acids is 1. The van der Waals surface area contributed by atoms with Crippen LogP contribution in [0.4, 0.5) is 0 Å². The van der Waals surface area contributed by atoms with Gasteiger partial charge in [0.2, 0.25) is 0 Å². The third-order valence-corrected chi connectivity index (χ3v) is 4.17. The molecule has 0 spiro atoms. The van der Waals surface area contributed by atoms with Crippen molar-refractivity contribution in [2.24, 2.45) is 4.99 Å². The van der Waals surface area contributed by atoms with Crippen LogP contribution in [-0.2, 0) is 14.9 Å². The molecule has 0 aromatic heterocycles. The van der Waals surface area contributed by atoms with Crippen LogP contribution in [0.2, 0.25) is 5.02 Å². The van der Waals surface area contributed by atoms with E-state index >= 15 is 0 Å². The van der Waals surface area contributed by atoms with Crippen molar-refractivity contribution in [2.45, 2.75) is 38.2 Å². The van der Waals surface area contributed by atoms with Crippen LogP contribution in [-0.4, -0.2) is 17.8 Å². The van der Waals surface area contributed by atoms with Gasteiger partial charge in [-0.05, 0) is 44.0 Å². The van der Waals surface area contributed by atoms with Crippen molar-refractivity contribution in [2.75, 3.05) is 0 Å². The minimum atomic E-state index is -1.43. The molecule has 28 heavy (non-hydrogen) atoms. The average Bonchev–Trinajstić information content (AvgIpc) is 2.65. The fraction of sp³-hybridized carbons (Fsp3) is 0.261. The maximum atomic E-state index is 12.9. The lowest BCUT2D eigenvalue weighted by Gasteiger charge is -2.29. The van der Waals surface area contributed by atoms with Crippen LogP contribution in [0.15, 0.2) is 71.9 Å². The summed E-state index contributed by atoms with van der Waals surface area (Å²) >= 11 is 5.86. The summed E-state index contributed by atoms with van der Waals surface area (Å²) in [5.41, 5.74) is -0.625. The van der Waals surface area contributed by atoms with Crippen molar-refractivity contribution < 1.29 is 9.53 Å². The van der Waals surface area contributed by atoms with Crippen molar-refractivity contribution in [3.05, 3.63) is 83.0 Å². The number of aliphatic imine (C=N–C) groups is 1. The van der Waals surface area contributed by atoms with E-state index in [-0.39, 0.29) is 6.42 Å². The minimum absolute atomic E-state index is 0.153. The van der Waals surface area contributed by atoms with E-state index in [9.17, 15) is 10.1 Å². The fourth-order valence-corrected chi connectivity index (χ4v) is 2.66. The highest BCUT2D eigenvalue weighted by Gasteiger charge is 2.43. The number of hydrogen-bond donors (Lipinski definition) is 0. The summed E-state index contributed by atoms with van der Waals surface area (Å²) in [5.74, 6) is -0.569. The number of carbonyl (C=O) groups is 1. The molecule has 0 bridgehead atoms. The number of ether oxygens (including phenoxy) is 1. The van der Waals surface area contributed by atoms with Crippen LogP contribution in [0.3, 0.4) is 0 Å². The van der Waals surface area contributed by atoms with Gasteiger partial charge in [-0.15, -0.1) is 0 Å². The Kier molecular flexibility index (Phi) is 7.14. The Morgan fingerprint density at radius 3 is 2.36 bits per heavy atom. The molecule has 1 unspecified atom stereocenters. The Hall–Kier alpha value is -2.90. The van der Waals surface area contributed by atoms with E-state index in [2.05, 4.69) is 11.1 Å². The Morgan fingerprint density at radius 1 is 1.14 bits per heavy atom. The van der Waals surface area contributed by atoms with Gasteiger partial charge in [-0.2, -0.15) is 5.26 Å². The highest BCUT2D eigenvalue weighted by Crippen LogP contribution is 2.31. The molecule has 0 aliphatic heterocycles. The first-order valence-corrected chi connectivity index (χ1v) is 9.29. The Balaban J connectivity index is 2.23. The number of nitriles is 1.